The quantitative estimate of drug-likeness (QED) is 0.791. The molecule has 0 unspecified atom stereocenters. The topological polar surface area (TPSA) is 23.6 Å². The average Bonchev–Trinajstić information content (AvgIpc) is 3.47. The molecule has 0 spiro atoms. The Morgan fingerprint density at radius 2 is 1.60 bits per heavy atom. The first-order valence-corrected chi connectivity index (χ1v) is 8.70. The number of rotatable bonds is 4. The Kier molecular flexibility index (Phi) is 4.25. The normalized spacial score (nSPS) is 18.4. The molecule has 4 rings (SSSR count). The van der Waals surface area contributed by atoms with Gasteiger partial charge in [-0.25, -0.2) is 8.78 Å². The summed E-state index contributed by atoms with van der Waals surface area (Å²) in [6, 6.07) is 10.2. The van der Waals surface area contributed by atoms with Crippen LogP contribution < -0.4 is 4.90 Å². The predicted octanol–water partition coefficient (Wildman–Crippen LogP) is 3.73. The molecule has 2 fully saturated rings. The van der Waals surface area contributed by atoms with Crippen molar-refractivity contribution in [2.45, 2.75) is 18.9 Å². The highest BCUT2D eigenvalue weighted by molar-refractivity contribution is 5.87. The summed E-state index contributed by atoms with van der Waals surface area (Å²) in [7, 11) is 0. The maximum absolute atomic E-state index is 14.7. The van der Waals surface area contributed by atoms with Gasteiger partial charge >= 0.3 is 0 Å². The van der Waals surface area contributed by atoms with Crippen molar-refractivity contribution < 1.29 is 13.6 Å². The van der Waals surface area contributed by atoms with Gasteiger partial charge in [0.2, 0.25) is 0 Å². The van der Waals surface area contributed by atoms with E-state index in [0.717, 1.165) is 13.1 Å². The van der Waals surface area contributed by atoms with Crippen LogP contribution in [0.2, 0.25) is 0 Å². The van der Waals surface area contributed by atoms with Crippen LogP contribution in [0, 0.1) is 11.6 Å². The minimum absolute atomic E-state index is 0.0442. The summed E-state index contributed by atoms with van der Waals surface area (Å²) in [6.45, 7) is 2.96. The number of anilines is 1. The Balaban J connectivity index is 1.61. The van der Waals surface area contributed by atoms with Gasteiger partial charge in [-0.1, -0.05) is 24.3 Å². The Bertz CT molecular complexity index is 773. The van der Waals surface area contributed by atoms with E-state index >= 15 is 0 Å². The maximum Gasteiger partial charge on any atom is 0.150 e. The molecule has 1 saturated carbocycles. The van der Waals surface area contributed by atoms with Crippen LogP contribution in [0.4, 0.5) is 14.5 Å². The van der Waals surface area contributed by atoms with E-state index in [1.165, 1.54) is 25.0 Å². The van der Waals surface area contributed by atoms with Gasteiger partial charge in [-0.2, -0.15) is 0 Å². The zero-order valence-electron chi connectivity index (χ0n) is 13.9. The van der Waals surface area contributed by atoms with E-state index < -0.39 is 11.6 Å². The molecule has 0 amide bonds. The van der Waals surface area contributed by atoms with Gasteiger partial charge < -0.3 is 4.90 Å². The minimum atomic E-state index is -0.574. The molecule has 3 nitrogen and oxygen atoms in total. The fourth-order valence-electron chi connectivity index (χ4n) is 3.64. The summed E-state index contributed by atoms with van der Waals surface area (Å²) in [5, 5.41) is 0. The smallest absolute Gasteiger partial charge is 0.150 e. The van der Waals surface area contributed by atoms with E-state index in [-0.39, 0.29) is 5.69 Å². The van der Waals surface area contributed by atoms with Gasteiger partial charge in [-0.15, -0.1) is 0 Å². The van der Waals surface area contributed by atoms with Crippen molar-refractivity contribution in [2.75, 3.05) is 31.1 Å². The van der Waals surface area contributed by atoms with Gasteiger partial charge in [0.1, 0.15) is 17.3 Å². The van der Waals surface area contributed by atoms with Crippen LogP contribution in [0.25, 0.3) is 11.1 Å². The van der Waals surface area contributed by atoms with Crippen LogP contribution in [0.1, 0.15) is 23.2 Å². The van der Waals surface area contributed by atoms with Crippen LogP contribution in [-0.2, 0) is 0 Å². The largest absolute Gasteiger partial charge is 0.364 e. The lowest BCUT2D eigenvalue weighted by Crippen LogP contribution is -2.47. The summed E-state index contributed by atoms with van der Waals surface area (Å²) in [4.78, 5) is 15.4. The molecule has 2 aromatic carbocycles. The van der Waals surface area contributed by atoms with E-state index in [4.69, 9.17) is 0 Å². The molecule has 25 heavy (non-hydrogen) atoms. The molecule has 0 N–H and O–H groups in total. The van der Waals surface area contributed by atoms with Gasteiger partial charge in [-0.05, 0) is 36.1 Å². The monoisotopic (exact) mass is 342 g/mol. The molecule has 2 aromatic rings. The van der Waals surface area contributed by atoms with Gasteiger partial charge in [0.25, 0.3) is 0 Å². The lowest BCUT2D eigenvalue weighted by molar-refractivity contribution is 0.112. The third kappa shape index (κ3) is 3.16. The number of halogens is 2. The highest BCUT2D eigenvalue weighted by atomic mass is 19.1. The van der Waals surface area contributed by atoms with E-state index in [9.17, 15) is 13.6 Å². The highest BCUT2D eigenvalue weighted by Crippen LogP contribution is 2.33. The van der Waals surface area contributed by atoms with Crippen molar-refractivity contribution in [1.82, 2.24) is 4.90 Å². The number of carbonyl (C=O) groups is 1. The third-order valence-electron chi connectivity index (χ3n) is 5.11. The number of piperazine rings is 1. The van der Waals surface area contributed by atoms with Crippen molar-refractivity contribution in [2.24, 2.45) is 0 Å². The fraction of sp³-hybridized carbons (Fsp3) is 0.350. The molecular formula is C20H20F2N2O. The SMILES string of the molecule is O=Cc1ccccc1-c1cc(F)c(N2CCN(C3CC3)CC2)c(F)c1. The lowest BCUT2D eigenvalue weighted by Gasteiger charge is -2.36. The number of carbonyl (C=O) groups excluding carboxylic acids is 1. The van der Waals surface area contributed by atoms with Gasteiger partial charge in [-0.3, -0.25) is 9.69 Å². The second-order valence-electron chi connectivity index (χ2n) is 6.75. The number of hydrogen-bond acceptors (Lipinski definition) is 3. The molecule has 1 heterocycles. The third-order valence-corrected chi connectivity index (χ3v) is 5.11. The van der Waals surface area contributed by atoms with Gasteiger partial charge in [0, 0.05) is 37.8 Å². The molecule has 0 radical (unpaired) electrons. The molecule has 0 atom stereocenters. The maximum atomic E-state index is 14.7. The number of benzene rings is 2. The molecule has 0 aromatic heterocycles. The zero-order chi connectivity index (χ0) is 17.4. The van der Waals surface area contributed by atoms with Crippen LogP contribution in [-0.4, -0.2) is 43.4 Å². The van der Waals surface area contributed by atoms with Crippen LogP contribution in [0.3, 0.4) is 0 Å². The first-order chi connectivity index (χ1) is 12.2. The van der Waals surface area contributed by atoms with Gasteiger partial charge in [0.15, 0.2) is 6.29 Å². The van der Waals surface area contributed by atoms with E-state index in [1.54, 1.807) is 29.2 Å². The standard InChI is InChI=1S/C20H20F2N2O/c21-18-11-15(17-4-2-1-3-14(17)13-25)12-19(22)20(18)24-9-7-23(8-10-24)16-5-6-16/h1-4,11-13,16H,5-10H2. The Morgan fingerprint density at radius 3 is 2.20 bits per heavy atom. The second kappa shape index (κ2) is 6.56. The van der Waals surface area contributed by atoms with Gasteiger partial charge in [0.05, 0.1) is 0 Å². The van der Waals surface area contributed by atoms with Crippen molar-refractivity contribution in [3.05, 3.63) is 53.6 Å². The summed E-state index contributed by atoms with van der Waals surface area (Å²) in [5.74, 6) is -1.15. The van der Waals surface area contributed by atoms with Crippen LogP contribution >= 0.6 is 0 Å². The Hall–Kier alpha value is -2.27. The fourth-order valence-corrected chi connectivity index (χ4v) is 3.64. The molecule has 1 saturated heterocycles. The minimum Gasteiger partial charge on any atom is -0.364 e. The van der Waals surface area contributed by atoms with E-state index in [2.05, 4.69) is 4.90 Å². The number of hydrogen-bond donors (Lipinski definition) is 0. The lowest BCUT2D eigenvalue weighted by atomic mass is 9.99. The van der Waals surface area contributed by atoms with Crippen LogP contribution in [0.15, 0.2) is 36.4 Å². The molecule has 5 heteroatoms. The molecule has 1 aliphatic carbocycles. The summed E-state index contributed by atoms with van der Waals surface area (Å²) < 4.78 is 29.4. The molecular weight excluding hydrogens is 322 g/mol. The summed E-state index contributed by atoms with van der Waals surface area (Å²) in [6.07, 6.45) is 3.19. The summed E-state index contributed by atoms with van der Waals surface area (Å²) in [5.41, 5.74) is 1.40. The highest BCUT2D eigenvalue weighted by Gasteiger charge is 2.32. The Morgan fingerprint density at radius 1 is 0.960 bits per heavy atom. The van der Waals surface area contributed by atoms with Crippen molar-refractivity contribution in [3.63, 3.8) is 0 Å². The molecule has 2 aliphatic rings. The second-order valence-corrected chi connectivity index (χ2v) is 6.75. The Labute approximate surface area is 145 Å². The summed E-state index contributed by atoms with van der Waals surface area (Å²) >= 11 is 0. The van der Waals surface area contributed by atoms with E-state index in [0.29, 0.717) is 42.1 Å². The van der Waals surface area contributed by atoms with Crippen molar-refractivity contribution in [3.8, 4) is 11.1 Å². The predicted molar refractivity (Wildman–Crippen MR) is 94.0 cm³/mol. The van der Waals surface area contributed by atoms with E-state index in [1.807, 2.05) is 0 Å². The zero-order valence-corrected chi connectivity index (χ0v) is 13.9. The number of aldehydes is 1. The first-order valence-electron chi connectivity index (χ1n) is 8.70. The van der Waals surface area contributed by atoms with Crippen molar-refractivity contribution in [1.29, 1.82) is 0 Å². The average molecular weight is 342 g/mol. The van der Waals surface area contributed by atoms with Crippen molar-refractivity contribution >= 4 is 12.0 Å². The molecule has 130 valence electrons. The number of nitrogens with zero attached hydrogens (tertiary/aromatic N) is 2. The molecule has 1 aliphatic heterocycles. The van der Waals surface area contributed by atoms with Crippen LogP contribution in [0.5, 0.6) is 0 Å². The first kappa shape index (κ1) is 16.2. The molecule has 0 bridgehead atoms.